The zero-order valence-corrected chi connectivity index (χ0v) is 19.2. The average Bonchev–Trinajstić information content (AvgIpc) is 2.77. The van der Waals surface area contributed by atoms with E-state index < -0.39 is 0 Å². The molecule has 0 bridgehead atoms. The minimum Gasteiger partial charge on any atom is -0.497 e. The number of nitrogens with one attached hydrogen (secondary N) is 1. The summed E-state index contributed by atoms with van der Waals surface area (Å²) in [5, 5.41) is 3.15. The summed E-state index contributed by atoms with van der Waals surface area (Å²) in [4.78, 5) is 14.8. The van der Waals surface area contributed by atoms with Gasteiger partial charge in [-0.15, -0.1) is 0 Å². The Morgan fingerprint density at radius 2 is 1.74 bits per heavy atom. The molecule has 0 saturated carbocycles. The Hall–Kier alpha value is -2.73. The molecule has 6 heteroatoms. The van der Waals surface area contributed by atoms with Crippen LogP contribution in [0.1, 0.15) is 43.0 Å². The second-order valence-electron chi connectivity index (χ2n) is 8.39. The van der Waals surface area contributed by atoms with Crippen LogP contribution in [0.25, 0.3) is 0 Å². The summed E-state index contributed by atoms with van der Waals surface area (Å²) in [7, 11) is 4.99. The summed E-state index contributed by atoms with van der Waals surface area (Å²) >= 11 is 0. The molecule has 1 N–H and O–H groups in total. The number of methoxy groups -OCH3 is 3. The third-order valence-corrected chi connectivity index (χ3v) is 5.74. The van der Waals surface area contributed by atoms with E-state index in [1.165, 1.54) is 16.7 Å². The largest absolute Gasteiger partial charge is 0.497 e. The fourth-order valence-corrected chi connectivity index (χ4v) is 4.13. The molecule has 31 heavy (non-hydrogen) atoms. The third-order valence-electron chi connectivity index (χ3n) is 5.74. The average molecular weight is 427 g/mol. The Morgan fingerprint density at radius 3 is 2.35 bits per heavy atom. The number of amides is 1. The van der Waals surface area contributed by atoms with Crippen molar-refractivity contribution in [3.63, 3.8) is 0 Å². The van der Waals surface area contributed by atoms with Gasteiger partial charge in [0.05, 0.1) is 27.4 Å². The predicted molar refractivity (Wildman–Crippen MR) is 122 cm³/mol. The lowest BCUT2D eigenvalue weighted by atomic mass is 9.91. The molecular formula is C25H34N2O4. The van der Waals surface area contributed by atoms with Gasteiger partial charge in [0.1, 0.15) is 5.75 Å². The highest BCUT2D eigenvalue weighted by molar-refractivity contribution is 5.76. The van der Waals surface area contributed by atoms with Gasteiger partial charge in [-0.05, 0) is 53.3 Å². The van der Waals surface area contributed by atoms with Crippen LogP contribution in [-0.2, 0) is 17.8 Å². The van der Waals surface area contributed by atoms with Crippen molar-refractivity contribution in [1.29, 1.82) is 0 Å². The maximum Gasteiger partial charge on any atom is 0.220 e. The molecule has 0 spiro atoms. The Labute approximate surface area is 185 Å². The van der Waals surface area contributed by atoms with E-state index in [9.17, 15) is 4.79 Å². The second kappa shape index (κ2) is 10.5. The number of ether oxygens (including phenoxy) is 3. The van der Waals surface area contributed by atoms with Crippen LogP contribution in [0, 0.1) is 5.92 Å². The standard InChI is InChI=1S/C25H34N2O4/c1-17(2)12-25(28)26-15-22-21-14-24(31-5)23(30-4)13-19(21)10-11-27(22)16-18-6-8-20(29-3)9-7-18/h6-9,13-14,17,22H,10-12,15-16H2,1-5H3,(H,26,28)/t22-/m1/s1. The molecule has 2 aromatic rings. The number of benzene rings is 2. The monoisotopic (exact) mass is 426 g/mol. The van der Waals surface area contributed by atoms with E-state index in [-0.39, 0.29) is 11.9 Å². The first-order chi connectivity index (χ1) is 14.9. The lowest BCUT2D eigenvalue weighted by Gasteiger charge is -2.38. The van der Waals surface area contributed by atoms with Crippen molar-refractivity contribution in [1.82, 2.24) is 10.2 Å². The van der Waals surface area contributed by atoms with Crippen molar-refractivity contribution in [3.05, 3.63) is 53.1 Å². The Balaban J connectivity index is 1.87. The first kappa shape index (κ1) is 22.9. The van der Waals surface area contributed by atoms with Gasteiger partial charge < -0.3 is 19.5 Å². The number of rotatable bonds is 9. The topological polar surface area (TPSA) is 60.0 Å². The van der Waals surface area contributed by atoms with Crippen molar-refractivity contribution in [3.8, 4) is 17.2 Å². The maximum absolute atomic E-state index is 12.4. The zero-order chi connectivity index (χ0) is 22.4. The number of nitrogens with zero attached hydrogens (tertiary/aromatic N) is 1. The first-order valence-electron chi connectivity index (χ1n) is 10.8. The van der Waals surface area contributed by atoms with Crippen LogP contribution < -0.4 is 19.5 Å². The minimum atomic E-state index is 0.0572. The molecule has 1 atom stereocenters. The summed E-state index contributed by atoms with van der Waals surface area (Å²) in [6, 6.07) is 12.4. The van der Waals surface area contributed by atoms with Crippen LogP contribution in [0.5, 0.6) is 17.2 Å². The summed E-state index contributed by atoms with van der Waals surface area (Å²) in [5.41, 5.74) is 3.64. The van der Waals surface area contributed by atoms with Gasteiger partial charge >= 0.3 is 0 Å². The molecule has 0 fully saturated rings. The molecule has 0 radical (unpaired) electrons. The minimum absolute atomic E-state index is 0.0572. The molecular weight excluding hydrogens is 392 g/mol. The molecule has 3 rings (SSSR count). The normalized spacial score (nSPS) is 16.0. The number of carbonyl (C=O) groups is 1. The van der Waals surface area contributed by atoms with Gasteiger partial charge in [0.15, 0.2) is 11.5 Å². The SMILES string of the molecule is COc1ccc(CN2CCc3cc(OC)c(OC)cc3[C@H]2CNC(=O)CC(C)C)cc1. The van der Waals surface area contributed by atoms with Crippen molar-refractivity contribution < 1.29 is 19.0 Å². The Morgan fingerprint density at radius 1 is 1.06 bits per heavy atom. The van der Waals surface area contributed by atoms with Crippen molar-refractivity contribution in [2.24, 2.45) is 5.92 Å². The number of carbonyl (C=O) groups excluding carboxylic acids is 1. The fourth-order valence-electron chi connectivity index (χ4n) is 4.13. The smallest absolute Gasteiger partial charge is 0.220 e. The van der Waals surface area contributed by atoms with E-state index in [1.54, 1.807) is 21.3 Å². The van der Waals surface area contributed by atoms with Gasteiger partial charge in [-0.25, -0.2) is 0 Å². The van der Waals surface area contributed by atoms with Crippen molar-refractivity contribution >= 4 is 5.91 Å². The van der Waals surface area contributed by atoms with Crippen LogP contribution in [0.2, 0.25) is 0 Å². The molecule has 0 unspecified atom stereocenters. The highest BCUT2D eigenvalue weighted by Gasteiger charge is 2.29. The molecule has 1 amide bonds. The molecule has 0 aromatic heterocycles. The van der Waals surface area contributed by atoms with E-state index in [4.69, 9.17) is 14.2 Å². The lowest BCUT2D eigenvalue weighted by molar-refractivity contribution is -0.122. The van der Waals surface area contributed by atoms with Crippen molar-refractivity contribution in [2.75, 3.05) is 34.4 Å². The molecule has 0 saturated heterocycles. The summed E-state index contributed by atoms with van der Waals surface area (Å²) < 4.78 is 16.4. The number of fused-ring (bicyclic) bond motifs is 1. The van der Waals surface area contributed by atoms with Crippen LogP contribution in [-0.4, -0.2) is 45.2 Å². The van der Waals surface area contributed by atoms with Gasteiger partial charge in [-0.3, -0.25) is 9.69 Å². The molecule has 6 nitrogen and oxygen atoms in total. The van der Waals surface area contributed by atoms with Gasteiger partial charge in [-0.1, -0.05) is 26.0 Å². The highest BCUT2D eigenvalue weighted by atomic mass is 16.5. The number of hydrogen-bond donors (Lipinski definition) is 1. The number of hydrogen-bond acceptors (Lipinski definition) is 5. The van der Waals surface area contributed by atoms with Crippen LogP contribution in [0.15, 0.2) is 36.4 Å². The molecule has 2 aromatic carbocycles. The fraction of sp³-hybridized carbons (Fsp3) is 0.480. The molecule has 1 aliphatic heterocycles. The van der Waals surface area contributed by atoms with Crippen LogP contribution in [0.3, 0.4) is 0 Å². The highest BCUT2D eigenvalue weighted by Crippen LogP contribution is 2.38. The third kappa shape index (κ3) is 5.70. The first-order valence-corrected chi connectivity index (χ1v) is 10.8. The molecule has 1 heterocycles. The summed E-state index contributed by atoms with van der Waals surface area (Å²) in [6.07, 6.45) is 1.45. The van der Waals surface area contributed by atoms with E-state index in [0.717, 1.165) is 31.0 Å². The Kier molecular flexibility index (Phi) is 7.80. The molecule has 168 valence electrons. The van der Waals surface area contributed by atoms with Gasteiger partial charge in [-0.2, -0.15) is 0 Å². The quantitative estimate of drug-likeness (QED) is 0.657. The Bertz CT molecular complexity index is 880. The maximum atomic E-state index is 12.4. The van der Waals surface area contributed by atoms with Crippen LogP contribution in [0.4, 0.5) is 0 Å². The molecule has 1 aliphatic rings. The van der Waals surface area contributed by atoms with Gasteiger partial charge in [0, 0.05) is 26.1 Å². The van der Waals surface area contributed by atoms with Crippen molar-refractivity contribution in [2.45, 2.75) is 39.3 Å². The predicted octanol–water partition coefficient (Wildman–Crippen LogP) is 3.97. The van der Waals surface area contributed by atoms with E-state index in [2.05, 4.69) is 48.3 Å². The second-order valence-corrected chi connectivity index (χ2v) is 8.39. The van der Waals surface area contributed by atoms with Gasteiger partial charge in [0.25, 0.3) is 0 Å². The van der Waals surface area contributed by atoms with Crippen LogP contribution >= 0.6 is 0 Å². The lowest BCUT2D eigenvalue weighted by Crippen LogP contribution is -2.42. The molecule has 0 aliphatic carbocycles. The van der Waals surface area contributed by atoms with E-state index in [1.807, 2.05) is 12.1 Å². The summed E-state index contributed by atoms with van der Waals surface area (Å²) in [5.74, 6) is 2.73. The summed E-state index contributed by atoms with van der Waals surface area (Å²) in [6.45, 7) is 6.37. The van der Waals surface area contributed by atoms with E-state index >= 15 is 0 Å². The van der Waals surface area contributed by atoms with E-state index in [0.29, 0.717) is 24.6 Å². The van der Waals surface area contributed by atoms with Gasteiger partial charge in [0.2, 0.25) is 5.91 Å². The zero-order valence-electron chi connectivity index (χ0n) is 19.2.